The van der Waals surface area contributed by atoms with Gasteiger partial charge < -0.3 is 4.90 Å². The summed E-state index contributed by atoms with van der Waals surface area (Å²) in [5.41, 5.74) is 4.75. The van der Waals surface area contributed by atoms with Crippen molar-refractivity contribution in [3.8, 4) is 11.1 Å². The number of amides is 1. The normalized spacial score (nSPS) is 16.2. The van der Waals surface area contributed by atoms with Gasteiger partial charge in [0.1, 0.15) is 5.69 Å². The summed E-state index contributed by atoms with van der Waals surface area (Å²) in [6.07, 6.45) is 3.61. The molecule has 2 aromatic heterocycles. The monoisotopic (exact) mass is 393 g/mol. The smallest absolute Gasteiger partial charge is 0.273 e. The summed E-state index contributed by atoms with van der Waals surface area (Å²) < 4.78 is 0. The van der Waals surface area contributed by atoms with Gasteiger partial charge in [0.15, 0.2) is 0 Å². The van der Waals surface area contributed by atoms with Crippen molar-refractivity contribution in [3.63, 3.8) is 0 Å². The van der Waals surface area contributed by atoms with Crippen LogP contribution in [-0.4, -0.2) is 27.3 Å². The van der Waals surface area contributed by atoms with E-state index < -0.39 is 0 Å². The number of aryl methyl sites for hydroxylation is 1. The fourth-order valence-corrected chi connectivity index (χ4v) is 4.41. The minimum Gasteiger partial charge on any atom is -0.329 e. The Labute approximate surface area is 176 Å². The molecular weight excluding hydrogens is 370 g/mol. The average Bonchev–Trinajstić information content (AvgIpc) is 3.28. The molecule has 0 radical (unpaired) electrons. The van der Waals surface area contributed by atoms with E-state index in [-0.39, 0.29) is 11.9 Å². The van der Waals surface area contributed by atoms with Gasteiger partial charge in [0, 0.05) is 23.8 Å². The second-order valence-corrected chi connectivity index (χ2v) is 7.83. The van der Waals surface area contributed by atoms with Gasteiger partial charge in [-0.3, -0.25) is 14.8 Å². The number of fused-ring (bicyclic) bond motifs is 1. The number of hydrogen-bond donors (Lipinski definition) is 0. The summed E-state index contributed by atoms with van der Waals surface area (Å²) in [7, 11) is 0. The highest BCUT2D eigenvalue weighted by molar-refractivity contribution is 6.05. The predicted octanol–water partition coefficient (Wildman–Crippen LogP) is 5.58. The Hall–Kier alpha value is -3.53. The van der Waals surface area contributed by atoms with Crippen LogP contribution in [0, 0.1) is 6.92 Å². The molecule has 0 N–H and O–H groups in total. The van der Waals surface area contributed by atoms with Crippen LogP contribution in [0.2, 0.25) is 0 Å². The van der Waals surface area contributed by atoms with Crippen molar-refractivity contribution >= 4 is 16.7 Å². The minimum absolute atomic E-state index is 0.0149. The van der Waals surface area contributed by atoms with E-state index in [1.54, 1.807) is 6.20 Å². The largest absolute Gasteiger partial charge is 0.329 e. The summed E-state index contributed by atoms with van der Waals surface area (Å²) >= 11 is 0. The van der Waals surface area contributed by atoms with Crippen molar-refractivity contribution < 1.29 is 4.79 Å². The first-order valence-corrected chi connectivity index (χ1v) is 10.4. The topological polar surface area (TPSA) is 46.1 Å². The predicted molar refractivity (Wildman–Crippen MR) is 119 cm³/mol. The van der Waals surface area contributed by atoms with Crippen LogP contribution in [0.1, 0.15) is 40.8 Å². The first kappa shape index (κ1) is 18.5. The lowest BCUT2D eigenvalue weighted by Crippen LogP contribution is -2.31. The Balaban J connectivity index is 1.53. The van der Waals surface area contributed by atoms with Gasteiger partial charge in [0.05, 0.1) is 11.7 Å². The molecule has 1 aliphatic rings. The number of aromatic nitrogens is 2. The van der Waals surface area contributed by atoms with Gasteiger partial charge in [-0.05, 0) is 54.5 Å². The number of likely N-dealkylation sites (tertiary alicyclic amines) is 1. The third-order valence-corrected chi connectivity index (χ3v) is 5.81. The Bertz CT molecular complexity index is 1210. The van der Waals surface area contributed by atoms with Gasteiger partial charge in [-0.15, -0.1) is 0 Å². The van der Waals surface area contributed by atoms with E-state index in [0.29, 0.717) is 5.69 Å². The lowest BCUT2D eigenvalue weighted by Gasteiger charge is -2.25. The summed E-state index contributed by atoms with van der Waals surface area (Å²) in [5.74, 6) is -0.0149. The van der Waals surface area contributed by atoms with Gasteiger partial charge in [-0.2, -0.15) is 0 Å². The molecule has 0 spiro atoms. The molecule has 0 bridgehead atoms. The van der Waals surface area contributed by atoms with Gasteiger partial charge >= 0.3 is 0 Å². The molecule has 1 atom stereocenters. The van der Waals surface area contributed by atoms with Crippen LogP contribution in [0.15, 0.2) is 79.0 Å². The maximum atomic E-state index is 13.5. The molecular formula is C26H23N3O. The number of carbonyl (C=O) groups is 1. The number of hydrogen-bond acceptors (Lipinski definition) is 3. The van der Waals surface area contributed by atoms with E-state index in [0.717, 1.165) is 52.7 Å². The van der Waals surface area contributed by atoms with E-state index in [4.69, 9.17) is 4.98 Å². The molecule has 3 heterocycles. The Morgan fingerprint density at radius 3 is 2.63 bits per heavy atom. The van der Waals surface area contributed by atoms with Crippen molar-refractivity contribution in [2.24, 2.45) is 0 Å². The zero-order valence-electron chi connectivity index (χ0n) is 17.0. The lowest BCUT2D eigenvalue weighted by molar-refractivity contribution is 0.0729. The number of rotatable bonds is 3. The first-order valence-electron chi connectivity index (χ1n) is 10.4. The first-order chi connectivity index (χ1) is 14.7. The summed E-state index contributed by atoms with van der Waals surface area (Å²) in [6, 6.07) is 24.4. The fraction of sp³-hybridized carbons (Fsp3) is 0.192. The molecule has 1 unspecified atom stereocenters. The van der Waals surface area contributed by atoms with E-state index in [2.05, 4.69) is 29.2 Å². The van der Waals surface area contributed by atoms with Crippen molar-refractivity contribution in [1.29, 1.82) is 0 Å². The Kier molecular flexibility index (Phi) is 4.75. The Morgan fingerprint density at radius 2 is 1.77 bits per heavy atom. The summed E-state index contributed by atoms with van der Waals surface area (Å²) in [4.78, 5) is 24.7. The Morgan fingerprint density at radius 1 is 0.967 bits per heavy atom. The number of carbonyl (C=O) groups excluding carboxylic acids is 1. The molecule has 1 fully saturated rings. The number of pyridine rings is 2. The average molecular weight is 393 g/mol. The van der Waals surface area contributed by atoms with Crippen molar-refractivity contribution in [3.05, 3.63) is 96.1 Å². The van der Waals surface area contributed by atoms with Crippen LogP contribution in [0.25, 0.3) is 21.9 Å². The molecule has 1 saturated heterocycles. The standard InChI is InChI=1S/C26H23N3O/c1-18-16-21(19-8-3-2-4-9-19)17-23(28-18)24-12-7-15-29(24)26(30)25-22-11-6-5-10-20(22)13-14-27-25/h2-6,8-11,13-14,16-17,24H,7,12,15H2,1H3. The van der Waals surface area contributed by atoms with Crippen LogP contribution in [0.4, 0.5) is 0 Å². The van der Waals surface area contributed by atoms with Crippen LogP contribution in [0.5, 0.6) is 0 Å². The molecule has 5 rings (SSSR count). The summed E-state index contributed by atoms with van der Waals surface area (Å²) in [6.45, 7) is 2.74. The maximum Gasteiger partial charge on any atom is 0.273 e. The van der Waals surface area contributed by atoms with Gasteiger partial charge in [-0.1, -0.05) is 54.6 Å². The van der Waals surface area contributed by atoms with E-state index >= 15 is 0 Å². The zero-order valence-corrected chi connectivity index (χ0v) is 17.0. The number of nitrogens with zero attached hydrogens (tertiary/aromatic N) is 3. The molecule has 1 amide bonds. The highest BCUT2D eigenvalue weighted by Crippen LogP contribution is 2.35. The van der Waals surface area contributed by atoms with Gasteiger partial charge in [0.25, 0.3) is 5.91 Å². The maximum absolute atomic E-state index is 13.5. The molecule has 1 aliphatic heterocycles. The van der Waals surface area contributed by atoms with Crippen LogP contribution < -0.4 is 0 Å². The van der Waals surface area contributed by atoms with E-state index in [1.807, 2.05) is 60.4 Å². The quantitative estimate of drug-likeness (QED) is 0.456. The molecule has 30 heavy (non-hydrogen) atoms. The molecule has 4 heteroatoms. The minimum atomic E-state index is -0.0272. The summed E-state index contributed by atoms with van der Waals surface area (Å²) in [5, 5.41) is 1.93. The molecule has 0 aliphatic carbocycles. The third kappa shape index (κ3) is 3.35. The van der Waals surface area contributed by atoms with Crippen molar-refractivity contribution in [2.45, 2.75) is 25.8 Å². The molecule has 2 aromatic carbocycles. The molecule has 4 aromatic rings. The second kappa shape index (κ2) is 7.71. The molecule has 4 nitrogen and oxygen atoms in total. The molecule has 148 valence electrons. The number of benzene rings is 2. The fourth-order valence-electron chi connectivity index (χ4n) is 4.41. The van der Waals surface area contributed by atoms with Gasteiger partial charge in [0.2, 0.25) is 0 Å². The second-order valence-electron chi connectivity index (χ2n) is 7.83. The lowest BCUT2D eigenvalue weighted by atomic mass is 10.0. The highest BCUT2D eigenvalue weighted by Gasteiger charge is 2.33. The molecule has 0 saturated carbocycles. The van der Waals surface area contributed by atoms with Gasteiger partial charge in [-0.25, -0.2) is 0 Å². The van der Waals surface area contributed by atoms with Crippen LogP contribution in [-0.2, 0) is 0 Å². The van der Waals surface area contributed by atoms with E-state index in [1.165, 1.54) is 0 Å². The van der Waals surface area contributed by atoms with Crippen molar-refractivity contribution in [1.82, 2.24) is 14.9 Å². The SMILES string of the molecule is Cc1cc(-c2ccccc2)cc(C2CCCN2C(=O)c2nccc3ccccc23)n1. The highest BCUT2D eigenvalue weighted by atomic mass is 16.2. The third-order valence-electron chi connectivity index (χ3n) is 5.81. The zero-order chi connectivity index (χ0) is 20.5. The van der Waals surface area contributed by atoms with Crippen molar-refractivity contribution in [2.75, 3.05) is 6.54 Å². The van der Waals surface area contributed by atoms with E-state index in [9.17, 15) is 4.79 Å². The van der Waals surface area contributed by atoms with Crippen LogP contribution >= 0.6 is 0 Å². The van der Waals surface area contributed by atoms with Crippen LogP contribution in [0.3, 0.4) is 0 Å².